The lowest BCUT2D eigenvalue weighted by molar-refractivity contribution is -0.111. The molecular weight excluding hydrogens is 174 g/mol. The molecule has 0 unspecified atom stereocenters. The smallest absolute Gasteiger partial charge is 0.273 e. The summed E-state index contributed by atoms with van der Waals surface area (Å²) in [6, 6.07) is 0. The van der Waals surface area contributed by atoms with Gasteiger partial charge in [-0.3, -0.25) is 0 Å². The van der Waals surface area contributed by atoms with Crippen molar-refractivity contribution in [1.82, 2.24) is 4.98 Å². The number of aromatic nitrogens is 1. The molecule has 1 aromatic heterocycles. The van der Waals surface area contributed by atoms with Gasteiger partial charge in [-0.1, -0.05) is 11.3 Å². The molecule has 0 saturated heterocycles. The van der Waals surface area contributed by atoms with E-state index in [1.807, 2.05) is 13.8 Å². The average Bonchev–Trinajstić information content (AvgIpc) is 2.52. The molecule has 0 spiro atoms. The second kappa shape index (κ2) is 3.23. The summed E-state index contributed by atoms with van der Waals surface area (Å²) in [6.07, 6.45) is 2.60. The van der Waals surface area contributed by atoms with Crippen molar-refractivity contribution in [2.75, 3.05) is 7.11 Å². The van der Waals surface area contributed by atoms with Crippen molar-refractivity contribution in [2.24, 2.45) is 0 Å². The summed E-state index contributed by atoms with van der Waals surface area (Å²) < 4.78 is 4.93. The molecular formula is C8H11NO2S. The lowest BCUT2D eigenvalue weighted by atomic mass is 9.95. The summed E-state index contributed by atoms with van der Waals surface area (Å²) >= 11 is 1.40. The summed E-state index contributed by atoms with van der Waals surface area (Å²) in [6.45, 7) is 3.71. The molecule has 1 heterocycles. The molecule has 0 aliphatic rings. The number of aldehydes is 1. The lowest BCUT2D eigenvalue weighted by Gasteiger charge is -2.12. The molecule has 1 aromatic rings. The highest BCUT2D eigenvalue weighted by molar-refractivity contribution is 7.13. The zero-order chi connectivity index (χ0) is 9.19. The van der Waals surface area contributed by atoms with E-state index < -0.39 is 5.41 Å². The minimum atomic E-state index is -0.450. The van der Waals surface area contributed by atoms with Crippen molar-refractivity contribution >= 4 is 17.6 Å². The highest BCUT2D eigenvalue weighted by atomic mass is 32.1. The molecule has 0 atom stereocenters. The molecule has 0 aromatic carbocycles. The largest absolute Gasteiger partial charge is 0.473 e. The summed E-state index contributed by atoms with van der Waals surface area (Å²) in [4.78, 5) is 15.6. The minimum Gasteiger partial charge on any atom is -0.473 e. The Morgan fingerprint density at radius 1 is 1.67 bits per heavy atom. The summed E-state index contributed by atoms with van der Waals surface area (Å²) in [7, 11) is 1.57. The van der Waals surface area contributed by atoms with Crippen molar-refractivity contribution in [3.63, 3.8) is 0 Å². The van der Waals surface area contributed by atoms with Crippen molar-refractivity contribution in [3.8, 4) is 5.19 Å². The van der Waals surface area contributed by atoms with Gasteiger partial charge in [-0.05, 0) is 13.8 Å². The molecule has 0 bridgehead atoms. The fourth-order valence-electron chi connectivity index (χ4n) is 0.708. The number of methoxy groups -OCH3 is 1. The van der Waals surface area contributed by atoms with Gasteiger partial charge in [0.25, 0.3) is 5.19 Å². The number of thiazole rings is 1. The van der Waals surface area contributed by atoms with Crippen LogP contribution in [0.5, 0.6) is 5.19 Å². The summed E-state index contributed by atoms with van der Waals surface area (Å²) in [5, 5.41) is 0.597. The zero-order valence-corrected chi connectivity index (χ0v) is 8.14. The monoisotopic (exact) mass is 185 g/mol. The minimum absolute atomic E-state index is 0.450. The van der Waals surface area contributed by atoms with E-state index in [0.29, 0.717) is 5.19 Å². The van der Waals surface area contributed by atoms with Gasteiger partial charge in [0, 0.05) is 11.1 Å². The van der Waals surface area contributed by atoms with Crippen molar-refractivity contribution < 1.29 is 9.53 Å². The van der Waals surface area contributed by atoms with E-state index >= 15 is 0 Å². The highest BCUT2D eigenvalue weighted by Crippen LogP contribution is 2.29. The van der Waals surface area contributed by atoms with E-state index in [0.717, 1.165) is 11.2 Å². The van der Waals surface area contributed by atoms with Gasteiger partial charge in [0.15, 0.2) is 0 Å². The van der Waals surface area contributed by atoms with Crippen LogP contribution in [0.25, 0.3) is 0 Å². The van der Waals surface area contributed by atoms with E-state index in [1.165, 1.54) is 11.3 Å². The van der Waals surface area contributed by atoms with Crippen LogP contribution in [0.15, 0.2) is 6.20 Å². The molecule has 4 heteroatoms. The van der Waals surface area contributed by atoms with Crippen molar-refractivity contribution in [2.45, 2.75) is 19.3 Å². The van der Waals surface area contributed by atoms with Gasteiger partial charge >= 0.3 is 0 Å². The van der Waals surface area contributed by atoms with Crippen LogP contribution in [0.2, 0.25) is 0 Å². The van der Waals surface area contributed by atoms with Gasteiger partial charge in [-0.2, -0.15) is 0 Å². The topological polar surface area (TPSA) is 39.2 Å². The Morgan fingerprint density at radius 2 is 2.33 bits per heavy atom. The standard InChI is InChI=1S/C8H11NO2S/c1-8(2,5-10)6-4-9-7(11-3)12-6/h4-5H,1-3H3. The Bertz CT molecular complexity index is 280. The van der Waals surface area contributed by atoms with Gasteiger partial charge in [0.1, 0.15) is 6.29 Å². The number of nitrogens with zero attached hydrogens (tertiary/aromatic N) is 1. The van der Waals surface area contributed by atoms with E-state index in [1.54, 1.807) is 13.3 Å². The Morgan fingerprint density at radius 3 is 2.75 bits per heavy atom. The maximum Gasteiger partial charge on any atom is 0.273 e. The number of carbonyl (C=O) groups excluding carboxylic acids is 1. The average molecular weight is 185 g/mol. The van der Waals surface area contributed by atoms with Crippen LogP contribution in [0, 0.1) is 0 Å². The number of rotatable bonds is 3. The Labute approximate surface area is 75.4 Å². The fourth-order valence-corrected chi connectivity index (χ4v) is 1.50. The fraction of sp³-hybridized carbons (Fsp3) is 0.500. The first-order valence-electron chi connectivity index (χ1n) is 3.57. The molecule has 0 fully saturated rings. The van der Waals surface area contributed by atoms with Crippen LogP contribution in [-0.2, 0) is 10.2 Å². The third kappa shape index (κ3) is 1.64. The first kappa shape index (κ1) is 9.19. The zero-order valence-electron chi connectivity index (χ0n) is 7.33. The van der Waals surface area contributed by atoms with Gasteiger partial charge in [-0.25, -0.2) is 4.98 Å². The molecule has 0 N–H and O–H groups in total. The molecule has 3 nitrogen and oxygen atoms in total. The quantitative estimate of drug-likeness (QED) is 0.672. The van der Waals surface area contributed by atoms with Crippen molar-refractivity contribution in [3.05, 3.63) is 11.1 Å². The Hall–Kier alpha value is -0.900. The van der Waals surface area contributed by atoms with E-state index in [9.17, 15) is 4.79 Å². The van der Waals surface area contributed by atoms with Crippen LogP contribution in [-0.4, -0.2) is 18.4 Å². The van der Waals surface area contributed by atoms with E-state index in [-0.39, 0.29) is 0 Å². The first-order valence-corrected chi connectivity index (χ1v) is 4.38. The summed E-state index contributed by atoms with van der Waals surface area (Å²) in [5.41, 5.74) is -0.450. The second-order valence-corrected chi connectivity index (χ2v) is 4.03. The lowest BCUT2D eigenvalue weighted by Crippen LogP contribution is -2.16. The maximum absolute atomic E-state index is 10.7. The van der Waals surface area contributed by atoms with Crippen LogP contribution < -0.4 is 4.74 Å². The van der Waals surface area contributed by atoms with E-state index in [2.05, 4.69) is 4.98 Å². The molecule has 0 saturated carbocycles. The third-order valence-electron chi connectivity index (χ3n) is 1.59. The maximum atomic E-state index is 10.7. The summed E-state index contributed by atoms with van der Waals surface area (Å²) in [5.74, 6) is 0. The van der Waals surface area contributed by atoms with Gasteiger partial charge in [0.05, 0.1) is 12.5 Å². The number of ether oxygens (including phenoxy) is 1. The molecule has 0 aliphatic heterocycles. The second-order valence-electron chi connectivity index (χ2n) is 3.03. The van der Waals surface area contributed by atoms with Crippen molar-refractivity contribution in [1.29, 1.82) is 0 Å². The molecule has 0 radical (unpaired) electrons. The first-order chi connectivity index (χ1) is 5.60. The Kier molecular flexibility index (Phi) is 2.47. The number of carbonyl (C=O) groups is 1. The van der Waals surface area contributed by atoms with Gasteiger partial charge in [-0.15, -0.1) is 0 Å². The van der Waals surface area contributed by atoms with Crippen LogP contribution in [0.3, 0.4) is 0 Å². The molecule has 1 rings (SSSR count). The SMILES string of the molecule is COc1ncc(C(C)(C)C=O)s1. The van der Waals surface area contributed by atoms with Crippen LogP contribution in [0.4, 0.5) is 0 Å². The number of hydrogen-bond acceptors (Lipinski definition) is 4. The normalized spacial score (nSPS) is 11.2. The van der Waals surface area contributed by atoms with Gasteiger partial charge in [0.2, 0.25) is 0 Å². The third-order valence-corrected chi connectivity index (χ3v) is 2.89. The molecule has 0 aliphatic carbocycles. The van der Waals surface area contributed by atoms with E-state index in [4.69, 9.17) is 4.74 Å². The molecule has 0 amide bonds. The Balaban J connectivity index is 2.95. The van der Waals surface area contributed by atoms with Crippen LogP contribution in [0.1, 0.15) is 18.7 Å². The predicted octanol–water partition coefficient (Wildman–Crippen LogP) is 1.63. The highest BCUT2D eigenvalue weighted by Gasteiger charge is 2.22. The van der Waals surface area contributed by atoms with Gasteiger partial charge < -0.3 is 9.53 Å². The van der Waals surface area contributed by atoms with Crippen LogP contribution >= 0.6 is 11.3 Å². The molecule has 12 heavy (non-hydrogen) atoms. The predicted molar refractivity (Wildman–Crippen MR) is 47.8 cm³/mol. The molecule has 66 valence electrons. The number of hydrogen-bond donors (Lipinski definition) is 0.